The van der Waals surface area contributed by atoms with Gasteiger partial charge in [-0.25, -0.2) is 4.79 Å². The topological polar surface area (TPSA) is 85.9 Å². The minimum Gasteiger partial charge on any atom is -0.466 e. The molecule has 2 rings (SSSR count). The van der Waals surface area contributed by atoms with Crippen molar-refractivity contribution < 1.29 is 23.8 Å². The second-order valence-electron chi connectivity index (χ2n) is 8.08. The first-order valence-electron chi connectivity index (χ1n) is 10.6. The van der Waals surface area contributed by atoms with Crippen LogP contribution in [0.5, 0.6) is 11.5 Å². The Morgan fingerprint density at radius 1 is 1.09 bits per heavy atom. The molecule has 32 heavy (non-hydrogen) atoms. The average molecular weight is 463 g/mol. The minimum absolute atomic E-state index is 0.210. The first-order valence-corrected chi connectivity index (χ1v) is 11.0. The number of esters is 1. The van der Waals surface area contributed by atoms with E-state index in [9.17, 15) is 9.59 Å². The zero-order valence-electron chi connectivity index (χ0n) is 19.0. The number of ether oxygens (including phenoxy) is 3. The van der Waals surface area contributed by atoms with E-state index in [-0.39, 0.29) is 5.97 Å². The molecule has 174 valence electrons. The van der Waals surface area contributed by atoms with Gasteiger partial charge in [-0.3, -0.25) is 4.79 Å². The molecule has 0 radical (unpaired) electrons. The normalized spacial score (nSPS) is 10.9. The van der Waals surface area contributed by atoms with E-state index in [2.05, 4.69) is 10.6 Å². The van der Waals surface area contributed by atoms with Gasteiger partial charge in [-0.15, -0.1) is 0 Å². The van der Waals surface area contributed by atoms with Crippen molar-refractivity contribution in [3.8, 4) is 11.5 Å². The summed E-state index contributed by atoms with van der Waals surface area (Å²) >= 11 is 6.16. The second-order valence-corrected chi connectivity index (χ2v) is 8.52. The Labute approximate surface area is 194 Å². The van der Waals surface area contributed by atoms with Crippen molar-refractivity contribution in [2.24, 2.45) is 0 Å². The molecule has 2 aromatic carbocycles. The van der Waals surface area contributed by atoms with E-state index in [1.54, 1.807) is 19.1 Å². The number of hydrogen-bond acceptors (Lipinski definition) is 6. The van der Waals surface area contributed by atoms with Gasteiger partial charge in [0.05, 0.1) is 12.3 Å². The lowest BCUT2D eigenvalue weighted by molar-refractivity contribution is -0.143. The number of carbonyl (C=O) groups excluding carboxylic acids is 2. The molecule has 0 saturated heterocycles. The van der Waals surface area contributed by atoms with Crippen LogP contribution in [0.25, 0.3) is 0 Å². The van der Waals surface area contributed by atoms with E-state index in [1.807, 2.05) is 51.1 Å². The van der Waals surface area contributed by atoms with Crippen LogP contribution in [0.2, 0.25) is 5.02 Å². The van der Waals surface area contributed by atoms with E-state index < -0.39 is 11.7 Å². The second kappa shape index (κ2) is 12.2. The largest absolute Gasteiger partial charge is 0.466 e. The number of hydrogen-bond donors (Lipinski definition) is 2. The minimum atomic E-state index is -0.554. The number of anilines is 1. The van der Waals surface area contributed by atoms with Gasteiger partial charge < -0.3 is 24.8 Å². The fourth-order valence-electron chi connectivity index (χ4n) is 2.75. The smallest absolute Gasteiger partial charge is 0.407 e. The molecule has 2 aromatic rings. The fourth-order valence-corrected chi connectivity index (χ4v) is 2.91. The summed E-state index contributed by atoms with van der Waals surface area (Å²) in [4.78, 5) is 23.4. The molecule has 0 saturated carbocycles. The Bertz CT molecular complexity index is 912. The number of amides is 1. The van der Waals surface area contributed by atoms with E-state index in [1.165, 1.54) is 0 Å². The quantitative estimate of drug-likeness (QED) is 0.337. The van der Waals surface area contributed by atoms with Crippen LogP contribution in [0.3, 0.4) is 0 Å². The molecule has 7 nitrogen and oxygen atoms in total. The Balaban J connectivity index is 1.98. The lowest BCUT2D eigenvalue weighted by Crippen LogP contribution is -2.32. The summed E-state index contributed by atoms with van der Waals surface area (Å²) in [6, 6.07) is 12.7. The first-order chi connectivity index (χ1) is 15.2. The highest BCUT2D eigenvalue weighted by Crippen LogP contribution is 2.32. The van der Waals surface area contributed by atoms with Crippen LogP contribution < -0.4 is 15.4 Å². The van der Waals surface area contributed by atoms with E-state index in [0.29, 0.717) is 49.1 Å². The van der Waals surface area contributed by atoms with Gasteiger partial charge in [0, 0.05) is 30.6 Å². The highest BCUT2D eigenvalue weighted by molar-refractivity contribution is 6.30. The highest BCUT2D eigenvalue weighted by atomic mass is 35.5. The Morgan fingerprint density at radius 2 is 1.88 bits per heavy atom. The van der Waals surface area contributed by atoms with Crippen LogP contribution in [0.1, 0.15) is 46.1 Å². The average Bonchev–Trinajstić information content (AvgIpc) is 2.70. The molecule has 0 atom stereocenters. The van der Waals surface area contributed by atoms with Gasteiger partial charge in [0.1, 0.15) is 11.4 Å². The summed E-state index contributed by atoms with van der Waals surface area (Å²) < 4.78 is 16.2. The summed E-state index contributed by atoms with van der Waals surface area (Å²) in [5.41, 5.74) is 1.07. The third-order valence-corrected chi connectivity index (χ3v) is 4.32. The van der Waals surface area contributed by atoms with Crippen LogP contribution in [0, 0.1) is 0 Å². The van der Waals surface area contributed by atoms with Gasteiger partial charge in [0.15, 0.2) is 5.75 Å². The summed E-state index contributed by atoms with van der Waals surface area (Å²) in [7, 11) is 0. The lowest BCUT2D eigenvalue weighted by Gasteiger charge is -2.19. The van der Waals surface area contributed by atoms with E-state index in [4.69, 9.17) is 25.8 Å². The van der Waals surface area contributed by atoms with Crippen LogP contribution in [-0.4, -0.2) is 30.8 Å². The summed E-state index contributed by atoms with van der Waals surface area (Å²) in [6.07, 6.45) is 0.497. The van der Waals surface area contributed by atoms with E-state index in [0.717, 1.165) is 11.3 Å². The highest BCUT2D eigenvalue weighted by Gasteiger charge is 2.15. The van der Waals surface area contributed by atoms with Gasteiger partial charge in [-0.2, -0.15) is 0 Å². The van der Waals surface area contributed by atoms with Crippen LogP contribution in [-0.2, 0) is 20.8 Å². The molecule has 1 amide bonds. The zero-order chi connectivity index (χ0) is 23.6. The summed E-state index contributed by atoms with van der Waals surface area (Å²) in [5, 5.41) is 6.54. The van der Waals surface area contributed by atoms with Crippen molar-refractivity contribution in [2.45, 2.75) is 52.7 Å². The predicted octanol–water partition coefficient (Wildman–Crippen LogP) is 5.91. The SMILES string of the molecule is CCOC(=O)CCCNc1ccc(Cl)cc1Oc1cccc(CNC(=O)OC(C)(C)C)c1. The van der Waals surface area contributed by atoms with Crippen molar-refractivity contribution in [1.29, 1.82) is 0 Å². The number of halogens is 1. The molecule has 0 aromatic heterocycles. The monoisotopic (exact) mass is 462 g/mol. The number of benzene rings is 2. The van der Waals surface area contributed by atoms with Gasteiger partial charge in [-0.1, -0.05) is 23.7 Å². The molecular weight excluding hydrogens is 432 g/mol. The fraction of sp³-hybridized carbons (Fsp3) is 0.417. The Morgan fingerprint density at radius 3 is 2.59 bits per heavy atom. The number of rotatable bonds is 10. The first kappa shape index (κ1) is 25.3. The van der Waals surface area contributed by atoms with Gasteiger partial charge in [0.25, 0.3) is 0 Å². The standard InChI is InChI=1S/C24H31ClN2O5/c1-5-30-22(28)10-7-13-26-20-12-11-18(25)15-21(20)31-19-9-6-8-17(14-19)16-27-23(29)32-24(2,3)4/h6,8-9,11-12,14-15,26H,5,7,10,13,16H2,1-4H3,(H,27,29). The maximum Gasteiger partial charge on any atom is 0.407 e. The molecule has 0 aliphatic carbocycles. The molecule has 0 unspecified atom stereocenters. The molecule has 0 spiro atoms. The third kappa shape index (κ3) is 9.47. The lowest BCUT2D eigenvalue weighted by atomic mass is 10.2. The number of carbonyl (C=O) groups is 2. The predicted molar refractivity (Wildman–Crippen MR) is 125 cm³/mol. The van der Waals surface area contributed by atoms with E-state index >= 15 is 0 Å². The van der Waals surface area contributed by atoms with Crippen molar-refractivity contribution in [2.75, 3.05) is 18.5 Å². The number of alkyl carbamates (subject to hydrolysis) is 1. The molecule has 0 fully saturated rings. The molecule has 0 aliphatic rings. The van der Waals surface area contributed by atoms with Crippen molar-refractivity contribution in [1.82, 2.24) is 5.32 Å². The van der Waals surface area contributed by atoms with Crippen LogP contribution in [0.4, 0.5) is 10.5 Å². The molecule has 8 heteroatoms. The maximum atomic E-state index is 11.9. The van der Waals surface area contributed by atoms with Gasteiger partial charge in [0.2, 0.25) is 0 Å². The van der Waals surface area contributed by atoms with Crippen molar-refractivity contribution in [3.63, 3.8) is 0 Å². The van der Waals surface area contributed by atoms with Crippen LogP contribution in [0.15, 0.2) is 42.5 Å². The maximum absolute atomic E-state index is 11.9. The molecular formula is C24H31ClN2O5. The van der Waals surface area contributed by atoms with Gasteiger partial charge in [-0.05, 0) is 63.9 Å². The zero-order valence-corrected chi connectivity index (χ0v) is 19.8. The molecule has 2 N–H and O–H groups in total. The van der Waals surface area contributed by atoms with Crippen LogP contribution >= 0.6 is 11.6 Å². The summed E-state index contributed by atoms with van der Waals surface area (Å²) in [5.74, 6) is 0.954. The van der Waals surface area contributed by atoms with Crippen molar-refractivity contribution in [3.05, 3.63) is 53.1 Å². The van der Waals surface area contributed by atoms with Gasteiger partial charge >= 0.3 is 12.1 Å². The van der Waals surface area contributed by atoms with Crippen molar-refractivity contribution >= 4 is 29.4 Å². The number of nitrogens with one attached hydrogen (secondary N) is 2. The molecule has 0 heterocycles. The Kier molecular flexibility index (Phi) is 9.65. The third-order valence-electron chi connectivity index (χ3n) is 4.08. The molecule has 0 aliphatic heterocycles. The molecule has 0 bridgehead atoms. The Hall–Kier alpha value is -2.93. The summed E-state index contributed by atoms with van der Waals surface area (Å²) in [6.45, 7) is 8.50.